The number of carbonyl (C=O) groups excluding carboxylic acids is 1. The van der Waals surface area contributed by atoms with Gasteiger partial charge in [0.05, 0.1) is 13.1 Å². The fourth-order valence-electron chi connectivity index (χ4n) is 3.57. The van der Waals surface area contributed by atoms with E-state index >= 15 is 0 Å². The molecule has 0 aliphatic carbocycles. The van der Waals surface area contributed by atoms with Gasteiger partial charge in [-0.25, -0.2) is 0 Å². The minimum absolute atomic E-state index is 0.163. The highest BCUT2D eigenvalue weighted by atomic mass is 16.5. The van der Waals surface area contributed by atoms with Gasteiger partial charge in [-0.05, 0) is 49.9 Å². The molecule has 0 N–H and O–H groups in total. The average molecular weight is 367 g/mol. The van der Waals surface area contributed by atoms with Crippen molar-refractivity contribution in [2.24, 2.45) is 0 Å². The number of hydrogen-bond acceptors (Lipinski definition) is 3. The number of carbonyl (C=O) groups is 1. The predicted molar refractivity (Wildman–Crippen MR) is 109 cm³/mol. The zero-order chi connectivity index (χ0) is 19.1. The molecule has 0 aromatic heterocycles. The Morgan fingerprint density at radius 1 is 1.15 bits per heavy atom. The van der Waals surface area contributed by atoms with Crippen molar-refractivity contribution >= 4 is 5.91 Å². The third kappa shape index (κ3) is 5.83. The summed E-state index contributed by atoms with van der Waals surface area (Å²) in [4.78, 5) is 16.6. The zero-order valence-corrected chi connectivity index (χ0v) is 16.4. The van der Waals surface area contributed by atoms with Gasteiger partial charge in [0, 0.05) is 13.6 Å². The summed E-state index contributed by atoms with van der Waals surface area (Å²) in [5.74, 6) is 1.54. The lowest BCUT2D eigenvalue weighted by molar-refractivity contribution is -0.131. The van der Waals surface area contributed by atoms with Gasteiger partial charge in [-0.15, -0.1) is 0 Å². The van der Waals surface area contributed by atoms with Crippen molar-refractivity contribution in [1.29, 1.82) is 0 Å². The summed E-state index contributed by atoms with van der Waals surface area (Å²) in [7, 11) is 1.86. The van der Waals surface area contributed by atoms with E-state index in [0.29, 0.717) is 25.6 Å². The second kappa shape index (κ2) is 9.56. The first-order valence-corrected chi connectivity index (χ1v) is 9.82. The molecule has 2 aromatic carbocycles. The first kappa shape index (κ1) is 19.4. The first-order chi connectivity index (χ1) is 13.1. The van der Waals surface area contributed by atoms with Crippen LogP contribution in [0, 0.1) is 6.92 Å². The van der Waals surface area contributed by atoms with E-state index in [0.717, 1.165) is 25.3 Å². The van der Waals surface area contributed by atoms with Crippen LogP contribution < -0.4 is 4.74 Å². The third-order valence-corrected chi connectivity index (χ3v) is 5.28. The maximum absolute atomic E-state index is 12.6. The molecule has 1 heterocycles. The number of likely N-dealkylation sites (N-methyl/N-ethyl adjacent to an activating group) is 1. The van der Waals surface area contributed by atoms with Gasteiger partial charge in [0.1, 0.15) is 12.4 Å². The van der Waals surface area contributed by atoms with E-state index in [2.05, 4.69) is 42.2 Å². The standard InChI is InChI=1S/C23H30N2O2/c1-19-10-12-22(13-11-19)27-16-15-24(2)23(26)18-25-14-6-9-21(17-25)20-7-4-3-5-8-20/h3-5,7-8,10-13,21H,6,9,14-18H2,1-2H3. The van der Waals surface area contributed by atoms with Crippen LogP contribution in [0.25, 0.3) is 0 Å². The Kier molecular flexibility index (Phi) is 6.88. The molecule has 144 valence electrons. The topological polar surface area (TPSA) is 32.8 Å². The Morgan fingerprint density at radius 3 is 2.63 bits per heavy atom. The van der Waals surface area contributed by atoms with Crippen LogP contribution in [-0.4, -0.2) is 55.5 Å². The highest BCUT2D eigenvalue weighted by molar-refractivity contribution is 5.78. The predicted octanol–water partition coefficient (Wildman–Crippen LogP) is 3.71. The number of amides is 1. The highest BCUT2D eigenvalue weighted by Crippen LogP contribution is 2.26. The fraction of sp³-hybridized carbons (Fsp3) is 0.435. The Bertz CT molecular complexity index is 715. The number of piperidine rings is 1. The quantitative estimate of drug-likeness (QED) is 0.749. The molecular weight excluding hydrogens is 336 g/mol. The first-order valence-electron chi connectivity index (χ1n) is 9.82. The lowest BCUT2D eigenvalue weighted by Gasteiger charge is -2.33. The second-order valence-corrected chi connectivity index (χ2v) is 7.46. The highest BCUT2D eigenvalue weighted by Gasteiger charge is 2.23. The molecule has 27 heavy (non-hydrogen) atoms. The Hall–Kier alpha value is -2.33. The molecule has 3 rings (SSSR count). The van der Waals surface area contributed by atoms with E-state index in [4.69, 9.17) is 4.74 Å². The maximum Gasteiger partial charge on any atom is 0.236 e. The van der Waals surface area contributed by atoms with Gasteiger partial charge in [0.2, 0.25) is 5.91 Å². The molecule has 0 radical (unpaired) electrons. The van der Waals surface area contributed by atoms with E-state index in [1.165, 1.54) is 17.5 Å². The smallest absolute Gasteiger partial charge is 0.236 e. The SMILES string of the molecule is Cc1ccc(OCCN(C)C(=O)CN2CCCC(c3ccccc3)C2)cc1. The normalized spacial score (nSPS) is 17.5. The van der Waals surface area contributed by atoms with Gasteiger partial charge < -0.3 is 9.64 Å². The van der Waals surface area contributed by atoms with E-state index in [1.807, 2.05) is 31.3 Å². The molecule has 2 aromatic rings. The van der Waals surface area contributed by atoms with Gasteiger partial charge in [-0.3, -0.25) is 9.69 Å². The fourth-order valence-corrected chi connectivity index (χ4v) is 3.57. The molecule has 1 aliphatic rings. The van der Waals surface area contributed by atoms with E-state index in [9.17, 15) is 4.79 Å². The summed E-state index contributed by atoms with van der Waals surface area (Å²) in [5.41, 5.74) is 2.60. The van der Waals surface area contributed by atoms with Gasteiger partial charge in [-0.2, -0.15) is 0 Å². The number of benzene rings is 2. The largest absolute Gasteiger partial charge is 0.492 e. The maximum atomic E-state index is 12.6. The van der Waals surface area contributed by atoms with Crippen LogP contribution in [-0.2, 0) is 4.79 Å². The minimum atomic E-state index is 0.163. The van der Waals surface area contributed by atoms with Crippen LogP contribution in [0.5, 0.6) is 5.75 Å². The molecule has 1 amide bonds. The number of ether oxygens (including phenoxy) is 1. The van der Waals surface area contributed by atoms with Crippen LogP contribution in [0.1, 0.15) is 29.9 Å². The number of hydrogen-bond donors (Lipinski definition) is 0. The Labute approximate surface area is 162 Å². The second-order valence-electron chi connectivity index (χ2n) is 7.46. The third-order valence-electron chi connectivity index (χ3n) is 5.28. The zero-order valence-electron chi connectivity index (χ0n) is 16.4. The Balaban J connectivity index is 1.42. The van der Waals surface area contributed by atoms with Crippen molar-refractivity contribution in [3.05, 3.63) is 65.7 Å². The van der Waals surface area contributed by atoms with Gasteiger partial charge >= 0.3 is 0 Å². The summed E-state index contributed by atoms with van der Waals surface area (Å²) >= 11 is 0. The van der Waals surface area contributed by atoms with Crippen molar-refractivity contribution in [2.75, 3.05) is 39.8 Å². The van der Waals surface area contributed by atoms with Crippen LogP contribution in [0.2, 0.25) is 0 Å². The average Bonchev–Trinajstić information content (AvgIpc) is 2.70. The molecular formula is C23H30N2O2. The molecule has 0 spiro atoms. The van der Waals surface area contributed by atoms with Crippen molar-refractivity contribution in [3.63, 3.8) is 0 Å². The summed E-state index contributed by atoms with van der Waals surface area (Å²) in [5, 5.41) is 0. The van der Waals surface area contributed by atoms with Gasteiger partial charge in [0.15, 0.2) is 0 Å². The van der Waals surface area contributed by atoms with Gasteiger partial charge in [0.25, 0.3) is 0 Å². The van der Waals surface area contributed by atoms with Crippen molar-refractivity contribution in [2.45, 2.75) is 25.7 Å². The van der Waals surface area contributed by atoms with Crippen molar-refractivity contribution < 1.29 is 9.53 Å². The van der Waals surface area contributed by atoms with Gasteiger partial charge in [-0.1, -0.05) is 48.0 Å². The van der Waals surface area contributed by atoms with E-state index < -0.39 is 0 Å². The molecule has 4 heteroatoms. The molecule has 0 saturated carbocycles. The number of rotatable bonds is 7. The molecule has 1 fully saturated rings. The minimum Gasteiger partial charge on any atom is -0.492 e. The number of aryl methyl sites for hydroxylation is 1. The molecule has 1 aliphatic heterocycles. The van der Waals surface area contributed by atoms with E-state index in [-0.39, 0.29) is 5.91 Å². The number of likely N-dealkylation sites (tertiary alicyclic amines) is 1. The lowest BCUT2D eigenvalue weighted by Crippen LogP contribution is -2.43. The number of nitrogens with zero attached hydrogens (tertiary/aromatic N) is 2. The summed E-state index contributed by atoms with van der Waals surface area (Å²) in [6, 6.07) is 18.6. The van der Waals surface area contributed by atoms with E-state index in [1.54, 1.807) is 4.90 Å². The molecule has 1 unspecified atom stereocenters. The van der Waals surface area contributed by atoms with Crippen molar-refractivity contribution in [1.82, 2.24) is 9.80 Å². The van der Waals surface area contributed by atoms with Crippen LogP contribution in [0.3, 0.4) is 0 Å². The summed E-state index contributed by atoms with van der Waals surface area (Å²) < 4.78 is 5.74. The summed E-state index contributed by atoms with van der Waals surface area (Å²) in [6.45, 7) is 5.62. The summed E-state index contributed by atoms with van der Waals surface area (Å²) in [6.07, 6.45) is 2.35. The van der Waals surface area contributed by atoms with Crippen molar-refractivity contribution in [3.8, 4) is 5.75 Å². The molecule has 0 bridgehead atoms. The lowest BCUT2D eigenvalue weighted by atomic mass is 9.91. The van der Waals surface area contributed by atoms with Crippen LogP contribution >= 0.6 is 0 Å². The Morgan fingerprint density at radius 2 is 1.89 bits per heavy atom. The monoisotopic (exact) mass is 366 g/mol. The van der Waals surface area contributed by atoms with Crippen LogP contribution in [0.15, 0.2) is 54.6 Å². The molecule has 4 nitrogen and oxygen atoms in total. The molecule has 1 atom stereocenters. The molecule has 1 saturated heterocycles. The van der Waals surface area contributed by atoms with Crippen LogP contribution in [0.4, 0.5) is 0 Å².